The molecule has 174 valence electrons. The fourth-order valence-electron chi connectivity index (χ4n) is 3.96. The largest absolute Gasteiger partial charge is 0.468 e. The lowest BCUT2D eigenvalue weighted by atomic mass is 10.1. The summed E-state index contributed by atoms with van der Waals surface area (Å²) in [5.74, 6) is 0.557. The summed E-state index contributed by atoms with van der Waals surface area (Å²) < 4.78 is 34.3. The van der Waals surface area contributed by atoms with E-state index in [0.717, 1.165) is 36.2 Å². The van der Waals surface area contributed by atoms with Crippen molar-refractivity contribution in [3.05, 3.63) is 82.7 Å². The smallest absolute Gasteiger partial charge is 0.261 e. The zero-order valence-electron chi connectivity index (χ0n) is 18.0. The molecule has 0 aliphatic carbocycles. The third-order valence-electron chi connectivity index (χ3n) is 5.66. The summed E-state index contributed by atoms with van der Waals surface area (Å²) in [6.07, 6.45) is 5.13. The Morgan fingerprint density at radius 3 is 2.48 bits per heavy atom. The summed E-state index contributed by atoms with van der Waals surface area (Å²) in [7, 11) is -3.76. The van der Waals surface area contributed by atoms with Gasteiger partial charge in [0.05, 0.1) is 17.2 Å². The van der Waals surface area contributed by atoms with E-state index in [9.17, 15) is 13.2 Å². The van der Waals surface area contributed by atoms with Gasteiger partial charge >= 0.3 is 0 Å². The standard InChI is InChI=1S/C24H26BrN3O4S/c25-19-9-11-21(12-10-19)33(30,31)27-20-7-4-6-18(16-20)24(29)26-17-22(23-8-5-15-32-23)28-13-2-1-3-14-28/h4-12,15-16,22,27H,1-3,13-14,17H2,(H,26,29)/t22-/m1/s1. The molecular weight excluding hydrogens is 506 g/mol. The second-order valence-corrected chi connectivity index (χ2v) is 10.6. The van der Waals surface area contributed by atoms with Crippen LogP contribution in [0.3, 0.4) is 0 Å². The molecule has 2 aromatic carbocycles. The predicted molar refractivity (Wildman–Crippen MR) is 131 cm³/mol. The number of halogens is 1. The summed E-state index contributed by atoms with van der Waals surface area (Å²) in [4.78, 5) is 15.4. The molecule has 0 radical (unpaired) electrons. The summed E-state index contributed by atoms with van der Waals surface area (Å²) in [6.45, 7) is 2.34. The number of carbonyl (C=O) groups excluding carboxylic acids is 1. The van der Waals surface area contributed by atoms with Crippen LogP contribution in [-0.4, -0.2) is 38.9 Å². The molecule has 9 heteroatoms. The number of hydrogen-bond donors (Lipinski definition) is 2. The summed E-state index contributed by atoms with van der Waals surface area (Å²) in [6, 6.07) is 16.6. The van der Waals surface area contributed by atoms with Crippen molar-refractivity contribution in [1.29, 1.82) is 0 Å². The molecule has 1 amide bonds. The first-order valence-corrected chi connectivity index (χ1v) is 13.1. The summed E-state index contributed by atoms with van der Waals surface area (Å²) in [5, 5.41) is 2.99. The van der Waals surface area contributed by atoms with Gasteiger partial charge in [0.1, 0.15) is 5.76 Å². The quantitative estimate of drug-likeness (QED) is 0.435. The Hall–Kier alpha value is -2.62. The minimum absolute atomic E-state index is 0.0386. The first kappa shape index (κ1) is 23.5. The zero-order chi connectivity index (χ0) is 23.3. The van der Waals surface area contributed by atoms with Crippen LogP contribution in [0.25, 0.3) is 0 Å². The highest BCUT2D eigenvalue weighted by atomic mass is 79.9. The minimum Gasteiger partial charge on any atom is -0.468 e. The van der Waals surface area contributed by atoms with Crippen molar-refractivity contribution in [2.24, 2.45) is 0 Å². The highest BCUT2D eigenvalue weighted by molar-refractivity contribution is 9.10. The molecule has 1 fully saturated rings. The van der Waals surface area contributed by atoms with Crippen LogP contribution in [0.2, 0.25) is 0 Å². The molecule has 1 aliphatic heterocycles. The molecule has 4 rings (SSSR count). The second kappa shape index (κ2) is 10.5. The fraction of sp³-hybridized carbons (Fsp3) is 0.292. The average molecular weight is 532 g/mol. The van der Waals surface area contributed by atoms with E-state index in [1.807, 2.05) is 12.1 Å². The van der Waals surface area contributed by atoms with E-state index in [4.69, 9.17) is 4.42 Å². The number of amides is 1. The highest BCUT2D eigenvalue weighted by Gasteiger charge is 2.25. The number of piperidine rings is 1. The summed E-state index contributed by atoms with van der Waals surface area (Å²) in [5.41, 5.74) is 0.701. The number of furan rings is 1. The van der Waals surface area contributed by atoms with Crippen molar-refractivity contribution < 1.29 is 17.6 Å². The fourth-order valence-corrected chi connectivity index (χ4v) is 5.28. The van der Waals surface area contributed by atoms with Crippen molar-refractivity contribution in [3.63, 3.8) is 0 Å². The van der Waals surface area contributed by atoms with Gasteiger partial charge in [-0.1, -0.05) is 28.4 Å². The molecule has 1 saturated heterocycles. The molecule has 33 heavy (non-hydrogen) atoms. The van der Waals surface area contributed by atoms with Crippen molar-refractivity contribution in [2.75, 3.05) is 24.4 Å². The molecule has 7 nitrogen and oxygen atoms in total. The van der Waals surface area contributed by atoms with Crippen LogP contribution in [0.1, 0.15) is 41.4 Å². The first-order valence-electron chi connectivity index (χ1n) is 10.9. The number of hydrogen-bond acceptors (Lipinski definition) is 5. The second-order valence-electron chi connectivity index (χ2n) is 7.98. The number of nitrogens with one attached hydrogen (secondary N) is 2. The van der Waals surface area contributed by atoms with Gasteiger partial charge in [0.2, 0.25) is 0 Å². The molecule has 0 spiro atoms. The Labute approximate surface area is 202 Å². The van der Waals surface area contributed by atoms with E-state index >= 15 is 0 Å². The maximum Gasteiger partial charge on any atom is 0.261 e. The van der Waals surface area contributed by atoms with Crippen molar-refractivity contribution >= 4 is 37.5 Å². The third kappa shape index (κ3) is 6.04. The first-order chi connectivity index (χ1) is 15.9. The molecule has 0 unspecified atom stereocenters. The molecule has 1 atom stereocenters. The van der Waals surface area contributed by atoms with Crippen LogP contribution >= 0.6 is 15.9 Å². The number of sulfonamides is 1. The molecule has 0 bridgehead atoms. The Morgan fingerprint density at radius 1 is 1.03 bits per heavy atom. The molecule has 3 aromatic rings. The lowest BCUT2D eigenvalue weighted by molar-refractivity contribution is 0.0914. The van der Waals surface area contributed by atoms with E-state index in [1.54, 1.807) is 36.6 Å². The highest BCUT2D eigenvalue weighted by Crippen LogP contribution is 2.25. The maximum atomic E-state index is 12.9. The Morgan fingerprint density at radius 2 is 1.79 bits per heavy atom. The SMILES string of the molecule is O=C(NC[C@H](c1ccco1)N1CCCCC1)c1cccc(NS(=O)(=O)c2ccc(Br)cc2)c1. The lowest BCUT2D eigenvalue weighted by Crippen LogP contribution is -2.40. The van der Waals surface area contributed by atoms with Gasteiger partial charge < -0.3 is 9.73 Å². The molecule has 2 N–H and O–H groups in total. The van der Waals surface area contributed by atoms with E-state index < -0.39 is 10.0 Å². The number of benzene rings is 2. The Balaban J connectivity index is 1.44. The van der Waals surface area contributed by atoms with Gasteiger partial charge in [-0.25, -0.2) is 8.42 Å². The normalized spacial score (nSPS) is 15.7. The zero-order valence-corrected chi connectivity index (χ0v) is 20.4. The van der Waals surface area contributed by atoms with Crippen LogP contribution in [-0.2, 0) is 10.0 Å². The van der Waals surface area contributed by atoms with E-state index in [1.165, 1.54) is 24.6 Å². The van der Waals surface area contributed by atoms with Crippen LogP contribution in [0.4, 0.5) is 5.69 Å². The molecule has 1 aliphatic rings. The van der Waals surface area contributed by atoms with Gasteiger partial charge in [-0.2, -0.15) is 0 Å². The van der Waals surface area contributed by atoms with Crippen LogP contribution < -0.4 is 10.0 Å². The number of anilines is 1. The molecular formula is C24H26BrN3O4S. The van der Waals surface area contributed by atoms with Gasteiger partial charge in [-0.05, 0) is 80.5 Å². The van der Waals surface area contributed by atoms with Gasteiger partial charge in [0.15, 0.2) is 0 Å². The minimum atomic E-state index is -3.76. The maximum absolute atomic E-state index is 12.9. The topological polar surface area (TPSA) is 91.7 Å². The number of carbonyl (C=O) groups is 1. The van der Waals surface area contributed by atoms with Gasteiger partial charge in [0, 0.05) is 22.3 Å². The lowest BCUT2D eigenvalue weighted by Gasteiger charge is -2.33. The van der Waals surface area contributed by atoms with E-state index in [2.05, 4.69) is 30.9 Å². The van der Waals surface area contributed by atoms with E-state index in [0.29, 0.717) is 17.8 Å². The third-order valence-corrected chi connectivity index (χ3v) is 7.59. The Bertz CT molecular complexity index is 1170. The van der Waals surface area contributed by atoms with Gasteiger partial charge in [-0.15, -0.1) is 0 Å². The van der Waals surface area contributed by atoms with Crippen LogP contribution in [0, 0.1) is 0 Å². The van der Waals surface area contributed by atoms with Crippen molar-refractivity contribution in [3.8, 4) is 0 Å². The van der Waals surface area contributed by atoms with Gasteiger partial charge in [0.25, 0.3) is 15.9 Å². The monoisotopic (exact) mass is 531 g/mol. The number of rotatable bonds is 8. The Kier molecular flexibility index (Phi) is 7.52. The average Bonchev–Trinajstić information content (AvgIpc) is 3.34. The summed E-state index contributed by atoms with van der Waals surface area (Å²) >= 11 is 3.30. The van der Waals surface area contributed by atoms with E-state index in [-0.39, 0.29) is 16.8 Å². The van der Waals surface area contributed by atoms with Crippen molar-refractivity contribution in [2.45, 2.75) is 30.2 Å². The predicted octanol–water partition coefficient (Wildman–Crippen LogP) is 4.80. The number of likely N-dealkylation sites (tertiary alicyclic amines) is 1. The number of nitrogens with zero attached hydrogens (tertiary/aromatic N) is 1. The molecule has 0 saturated carbocycles. The molecule has 1 aromatic heterocycles. The van der Waals surface area contributed by atoms with Crippen LogP contribution in [0.5, 0.6) is 0 Å². The van der Waals surface area contributed by atoms with Crippen LogP contribution in [0.15, 0.2) is 80.7 Å². The van der Waals surface area contributed by atoms with Crippen molar-refractivity contribution in [1.82, 2.24) is 10.2 Å². The molecule has 2 heterocycles. The van der Waals surface area contributed by atoms with Gasteiger partial charge in [-0.3, -0.25) is 14.4 Å².